The van der Waals surface area contributed by atoms with Gasteiger partial charge in [0.1, 0.15) is 24.0 Å². The topological polar surface area (TPSA) is 81.2 Å². The summed E-state index contributed by atoms with van der Waals surface area (Å²) in [5.41, 5.74) is 7.27. The van der Waals surface area contributed by atoms with E-state index in [-0.39, 0.29) is 6.23 Å². The van der Waals surface area contributed by atoms with Crippen molar-refractivity contribution in [3.63, 3.8) is 0 Å². The molecule has 7 heteroatoms. The summed E-state index contributed by atoms with van der Waals surface area (Å²) < 4.78 is 8.62. The van der Waals surface area contributed by atoms with Crippen molar-refractivity contribution in [2.24, 2.45) is 0 Å². The van der Waals surface area contributed by atoms with E-state index in [1.54, 1.807) is 0 Å². The van der Waals surface area contributed by atoms with Gasteiger partial charge in [0.2, 0.25) is 0 Å². The van der Waals surface area contributed by atoms with Crippen LogP contribution in [0.2, 0.25) is 0 Å². The Kier molecular flexibility index (Phi) is 4.53. The number of fused-ring (bicyclic) bond motifs is 1. The van der Waals surface area contributed by atoms with Gasteiger partial charge >= 0.3 is 0 Å². The molecular weight excluding hydrogens is 340 g/mol. The molecule has 0 amide bonds. The van der Waals surface area contributed by atoms with Gasteiger partial charge in [-0.1, -0.05) is 6.42 Å². The van der Waals surface area contributed by atoms with Crippen molar-refractivity contribution in [3.8, 4) is 0 Å². The van der Waals surface area contributed by atoms with Crippen LogP contribution in [0.1, 0.15) is 51.2 Å². The highest BCUT2D eigenvalue weighted by atomic mass is 16.5. The number of likely N-dealkylation sites (tertiary alicyclic amines) is 1. The maximum Gasteiger partial charge on any atom is 0.147 e. The molecule has 0 bridgehead atoms. The van der Waals surface area contributed by atoms with Gasteiger partial charge in [0.15, 0.2) is 0 Å². The second kappa shape index (κ2) is 7.04. The number of anilines is 1. The van der Waals surface area contributed by atoms with Crippen LogP contribution in [0, 0.1) is 0 Å². The van der Waals surface area contributed by atoms with Gasteiger partial charge in [0, 0.05) is 18.3 Å². The first-order chi connectivity index (χ1) is 13.3. The zero-order chi connectivity index (χ0) is 18.3. The molecule has 2 aromatic heterocycles. The van der Waals surface area contributed by atoms with E-state index in [1.165, 1.54) is 45.0 Å². The maximum absolute atomic E-state index is 6.49. The van der Waals surface area contributed by atoms with Gasteiger partial charge in [-0.2, -0.15) is 0 Å². The number of rotatable bonds is 3. The lowest BCUT2D eigenvalue weighted by atomic mass is 9.79. The third kappa shape index (κ3) is 3.11. The number of nitrogens with one attached hydrogen (secondary N) is 1. The monoisotopic (exact) mass is 370 g/mol. The van der Waals surface area contributed by atoms with Crippen molar-refractivity contribution in [3.05, 3.63) is 18.6 Å². The van der Waals surface area contributed by atoms with Gasteiger partial charge in [-0.15, -0.1) is 0 Å². The second-order valence-electron chi connectivity index (χ2n) is 8.39. The van der Waals surface area contributed by atoms with Crippen molar-refractivity contribution in [1.29, 1.82) is 0 Å². The fourth-order valence-electron chi connectivity index (χ4n) is 5.39. The smallest absolute Gasteiger partial charge is 0.147 e. The highest BCUT2D eigenvalue weighted by Crippen LogP contribution is 2.38. The molecule has 3 fully saturated rings. The molecule has 7 nitrogen and oxygen atoms in total. The summed E-state index contributed by atoms with van der Waals surface area (Å²) in [7, 11) is 0. The zero-order valence-electron chi connectivity index (χ0n) is 15.9. The van der Waals surface area contributed by atoms with E-state index < -0.39 is 0 Å². The van der Waals surface area contributed by atoms with E-state index in [1.807, 2.05) is 12.3 Å². The predicted octanol–water partition coefficient (Wildman–Crippen LogP) is 2.30. The molecule has 0 aliphatic carbocycles. The standard InChI is InChI=1S/C20H30N6O/c21-18-16-5-12-26(19(16)24-14-23-18)17-4-3-15(27-17)13-25-11-2-1-6-20(25)7-9-22-10-8-20/h5,12,14-15,17,22H,1-4,6-11,13H2,(H2,21,23,24)/t15-,17+/m0/s1. The Bertz CT molecular complexity index is 791. The Labute approximate surface area is 160 Å². The summed E-state index contributed by atoms with van der Waals surface area (Å²) in [5, 5.41) is 4.45. The summed E-state index contributed by atoms with van der Waals surface area (Å²) >= 11 is 0. The lowest BCUT2D eigenvalue weighted by Crippen LogP contribution is -2.58. The maximum atomic E-state index is 6.49. The summed E-state index contributed by atoms with van der Waals surface area (Å²) in [6, 6.07) is 2.00. The van der Waals surface area contributed by atoms with Crippen molar-refractivity contribution in [2.45, 2.75) is 62.8 Å². The van der Waals surface area contributed by atoms with Crippen LogP contribution >= 0.6 is 0 Å². The van der Waals surface area contributed by atoms with E-state index in [0.717, 1.165) is 43.5 Å². The predicted molar refractivity (Wildman–Crippen MR) is 105 cm³/mol. The average Bonchev–Trinajstić information content (AvgIpc) is 3.32. The molecule has 2 atom stereocenters. The van der Waals surface area contributed by atoms with Crippen LogP contribution in [-0.2, 0) is 4.74 Å². The molecule has 3 aliphatic heterocycles. The Morgan fingerprint density at radius 1 is 1.19 bits per heavy atom. The zero-order valence-corrected chi connectivity index (χ0v) is 15.9. The summed E-state index contributed by atoms with van der Waals surface area (Å²) in [5.74, 6) is 0.537. The molecule has 0 unspecified atom stereocenters. The fourth-order valence-corrected chi connectivity index (χ4v) is 5.39. The van der Waals surface area contributed by atoms with Crippen LogP contribution in [0.4, 0.5) is 5.82 Å². The number of nitrogen functional groups attached to an aromatic ring is 1. The van der Waals surface area contributed by atoms with Crippen LogP contribution < -0.4 is 11.1 Å². The molecule has 2 aromatic rings. The molecule has 3 saturated heterocycles. The van der Waals surface area contributed by atoms with Gasteiger partial charge in [-0.25, -0.2) is 9.97 Å². The van der Waals surface area contributed by atoms with E-state index in [2.05, 4.69) is 24.8 Å². The van der Waals surface area contributed by atoms with Crippen molar-refractivity contribution in [2.75, 3.05) is 31.9 Å². The molecule has 27 heavy (non-hydrogen) atoms. The Morgan fingerprint density at radius 2 is 2.07 bits per heavy atom. The second-order valence-corrected chi connectivity index (χ2v) is 8.39. The van der Waals surface area contributed by atoms with Crippen LogP contribution in [0.15, 0.2) is 18.6 Å². The minimum atomic E-state index is 0.0514. The minimum Gasteiger partial charge on any atom is -0.383 e. The number of nitrogens with two attached hydrogens (primary N) is 1. The first-order valence-electron chi connectivity index (χ1n) is 10.4. The molecule has 0 saturated carbocycles. The molecule has 146 valence electrons. The number of ether oxygens (including phenoxy) is 1. The quantitative estimate of drug-likeness (QED) is 0.863. The highest BCUT2D eigenvalue weighted by Gasteiger charge is 2.41. The molecule has 0 radical (unpaired) electrons. The number of hydrogen-bond acceptors (Lipinski definition) is 6. The van der Waals surface area contributed by atoms with Crippen molar-refractivity contribution in [1.82, 2.24) is 24.8 Å². The summed E-state index contributed by atoms with van der Waals surface area (Å²) in [6.07, 6.45) is 12.7. The van der Waals surface area contributed by atoms with E-state index >= 15 is 0 Å². The molecule has 5 rings (SSSR count). The number of piperidine rings is 2. The van der Waals surface area contributed by atoms with Crippen LogP contribution in [-0.4, -0.2) is 57.3 Å². The molecule has 3 N–H and O–H groups in total. The first-order valence-corrected chi connectivity index (χ1v) is 10.4. The van der Waals surface area contributed by atoms with E-state index in [9.17, 15) is 0 Å². The molecule has 5 heterocycles. The minimum absolute atomic E-state index is 0.0514. The van der Waals surface area contributed by atoms with Crippen LogP contribution in [0.5, 0.6) is 0 Å². The van der Waals surface area contributed by atoms with Gasteiger partial charge < -0.3 is 20.4 Å². The van der Waals surface area contributed by atoms with Crippen molar-refractivity contribution >= 4 is 16.9 Å². The molecule has 0 aromatic carbocycles. The van der Waals surface area contributed by atoms with Crippen LogP contribution in [0.3, 0.4) is 0 Å². The average molecular weight is 371 g/mol. The SMILES string of the molecule is Nc1ncnc2c1ccn2[C@H]1CC[C@@H](CN2CCCCC23CCNCC3)O1. The highest BCUT2D eigenvalue weighted by molar-refractivity contribution is 5.86. The first kappa shape index (κ1) is 17.4. The lowest BCUT2D eigenvalue weighted by molar-refractivity contribution is -0.0507. The van der Waals surface area contributed by atoms with Gasteiger partial charge in [0.05, 0.1) is 11.5 Å². The normalized spacial score (nSPS) is 28.9. The number of nitrogens with zero attached hydrogens (tertiary/aromatic N) is 4. The van der Waals surface area contributed by atoms with Crippen LogP contribution in [0.25, 0.3) is 11.0 Å². The van der Waals surface area contributed by atoms with Crippen molar-refractivity contribution < 1.29 is 4.74 Å². The number of hydrogen-bond donors (Lipinski definition) is 2. The number of aromatic nitrogens is 3. The van der Waals surface area contributed by atoms with Gasteiger partial charge in [-0.05, 0) is 64.2 Å². The third-order valence-electron chi connectivity index (χ3n) is 6.88. The molecule has 3 aliphatic rings. The summed E-state index contributed by atoms with van der Waals surface area (Å²) in [6.45, 7) is 4.59. The Hall–Kier alpha value is -1.70. The van der Waals surface area contributed by atoms with E-state index in [4.69, 9.17) is 10.5 Å². The Morgan fingerprint density at radius 3 is 2.96 bits per heavy atom. The largest absolute Gasteiger partial charge is 0.383 e. The van der Waals surface area contributed by atoms with E-state index in [0.29, 0.717) is 17.5 Å². The van der Waals surface area contributed by atoms with Gasteiger partial charge in [-0.3, -0.25) is 4.90 Å². The molecule has 1 spiro atoms. The molecular formula is C20H30N6O. The summed E-state index contributed by atoms with van der Waals surface area (Å²) in [4.78, 5) is 11.3. The Balaban J connectivity index is 1.29. The third-order valence-corrected chi connectivity index (χ3v) is 6.88. The lowest BCUT2D eigenvalue weighted by Gasteiger charge is -2.50. The van der Waals surface area contributed by atoms with Gasteiger partial charge in [0.25, 0.3) is 0 Å². The fraction of sp³-hybridized carbons (Fsp3) is 0.700.